The molecule has 0 saturated heterocycles. The van der Waals surface area contributed by atoms with Crippen molar-refractivity contribution in [3.63, 3.8) is 0 Å². The molecule has 0 aromatic rings. The molecule has 0 heterocycles. The predicted molar refractivity (Wildman–Crippen MR) is 110 cm³/mol. The van der Waals surface area contributed by atoms with E-state index in [1.165, 1.54) is 77.0 Å². The zero-order valence-electron chi connectivity index (χ0n) is 17.2. The van der Waals surface area contributed by atoms with Crippen LogP contribution < -0.4 is 0 Å². The Morgan fingerprint density at radius 3 is 1.72 bits per heavy atom. The van der Waals surface area contributed by atoms with E-state index in [0.717, 1.165) is 19.3 Å². The normalized spacial score (nSPS) is 13.9. The highest BCUT2D eigenvalue weighted by Gasteiger charge is 2.09. The van der Waals surface area contributed by atoms with Gasteiger partial charge in [0.15, 0.2) is 0 Å². The Labute approximate surface area is 160 Å². The Morgan fingerprint density at radius 1 is 0.680 bits per heavy atom. The van der Waals surface area contributed by atoms with Gasteiger partial charge in [0.05, 0.1) is 13.2 Å². The van der Waals surface area contributed by atoms with E-state index >= 15 is 0 Å². The van der Waals surface area contributed by atoms with Gasteiger partial charge in [-0.3, -0.25) is 8.37 Å². The molecule has 25 heavy (non-hydrogen) atoms. The first-order chi connectivity index (χ1) is 12.2. The van der Waals surface area contributed by atoms with Crippen LogP contribution in [0.1, 0.15) is 117 Å². The molecule has 0 aliphatic heterocycles. The third-order valence-electron chi connectivity index (χ3n) is 4.87. The molecular formula is C21H44O3S. The molecule has 2 unspecified atom stereocenters. The summed E-state index contributed by atoms with van der Waals surface area (Å²) in [5.74, 6) is 0.509. The zero-order chi connectivity index (χ0) is 18.6. The molecule has 0 radical (unpaired) electrons. The summed E-state index contributed by atoms with van der Waals surface area (Å²) in [4.78, 5) is 0. The van der Waals surface area contributed by atoms with Crippen LogP contribution in [0.3, 0.4) is 0 Å². The minimum absolute atomic E-state index is 0.509. The highest BCUT2D eigenvalue weighted by Crippen LogP contribution is 2.14. The third kappa shape index (κ3) is 18.7. The minimum atomic E-state index is -1.56. The molecule has 2 atom stereocenters. The van der Waals surface area contributed by atoms with Crippen LogP contribution >= 0.6 is 0 Å². The Kier molecular flexibility index (Phi) is 20.4. The van der Waals surface area contributed by atoms with Crippen LogP contribution in [0.15, 0.2) is 0 Å². The van der Waals surface area contributed by atoms with Crippen molar-refractivity contribution in [2.75, 3.05) is 13.2 Å². The zero-order valence-corrected chi connectivity index (χ0v) is 18.0. The lowest BCUT2D eigenvalue weighted by atomic mass is 10.0. The summed E-state index contributed by atoms with van der Waals surface area (Å²) in [5, 5.41) is 0. The molecule has 0 aromatic heterocycles. The maximum absolute atomic E-state index is 11.7. The standard InChI is InChI=1S/C21H44O3S/c1-4-7-9-10-11-12-13-14-15-16-17-19-23-25(22)24-20-21(6-3)18-8-5-2/h21H,4-20H2,1-3H3. The van der Waals surface area contributed by atoms with Crippen LogP contribution in [0.2, 0.25) is 0 Å². The number of unbranched alkanes of at least 4 members (excludes halogenated alkanes) is 11. The van der Waals surface area contributed by atoms with Crippen molar-refractivity contribution >= 4 is 11.4 Å². The molecule has 0 spiro atoms. The maximum atomic E-state index is 11.7. The summed E-state index contributed by atoms with van der Waals surface area (Å²) in [5.41, 5.74) is 0. The first kappa shape index (κ1) is 25.1. The van der Waals surface area contributed by atoms with E-state index in [1.807, 2.05) is 0 Å². The SMILES string of the molecule is CCCCCCCCCCCCCOS(=O)OCC(CC)CCCC. The first-order valence-electron chi connectivity index (χ1n) is 10.9. The summed E-state index contributed by atoms with van der Waals surface area (Å²) in [6, 6.07) is 0. The van der Waals surface area contributed by atoms with Gasteiger partial charge >= 0.3 is 11.4 Å². The molecule has 0 saturated carbocycles. The molecule has 3 nitrogen and oxygen atoms in total. The maximum Gasteiger partial charge on any atom is 0.304 e. The lowest BCUT2D eigenvalue weighted by Gasteiger charge is -2.13. The molecule has 0 aliphatic carbocycles. The van der Waals surface area contributed by atoms with Crippen molar-refractivity contribution in [1.82, 2.24) is 0 Å². The van der Waals surface area contributed by atoms with E-state index in [9.17, 15) is 4.21 Å². The minimum Gasteiger partial charge on any atom is -0.268 e. The summed E-state index contributed by atoms with van der Waals surface area (Å²) in [6.45, 7) is 7.73. The molecule has 4 heteroatoms. The van der Waals surface area contributed by atoms with Gasteiger partial charge in [0.1, 0.15) is 0 Å². The van der Waals surface area contributed by atoms with E-state index in [0.29, 0.717) is 19.1 Å². The molecule has 0 amide bonds. The Hall–Kier alpha value is 0.0700. The van der Waals surface area contributed by atoms with Crippen LogP contribution in [0.25, 0.3) is 0 Å². The van der Waals surface area contributed by atoms with Crippen LogP contribution in [0.4, 0.5) is 0 Å². The molecule has 0 bridgehead atoms. The van der Waals surface area contributed by atoms with Gasteiger partial charge in [-0.15, -0.1) is 0 Å². The lowest BCUT2D eigenvalue weighted by Crippen LogP contribution is -2.12. The summed E-state index contributed by atoms with van der Waals surface area (Å²) >= 11 is -1.56. The second kappa shape index (κ2) is 20.4. The summed E-state index contributed by atoms with van der Waals surface area (Å²) in [7, 11) is 0. The van der Waals surface area contributed by atoms with Crippen LogP contribution in [-0.2, 0) is 19.7 Å². The van der Waals surface area contributed by atoms with E-state index in [4.69, 9.17) is 8.37 Å². The highest BCUT2D eigenvalue weighted by molar-refractivity contribution is 7.75. The van der Waals surface area contributed by atoms with Gasteiger partial charge in [-0.25, -0.2) is 0 Å². The van der Waals surface area contributed by atoms with E-state index in [1.54, 1.807) is 0 Å². The molecular weight excluding hydrogens is 332 g/mol. The van der Waals surface area contributed by atoms with Crippen molar-refractivity contribution in [1.29, 1.82) is 0 Å². The van der Waals surface area contributed by atoms with Gasteiger partial charge in [-0.2, -0.15) is 4.21 Å². The molecule has 0 fully saturated rings. The van der Waals surface area contributed by atoms with Crippen molar-refractivity contribution in [2.45, 2.75) is 117 Å². The molecule has 152 valence electrons. The number of rotatable bonds is 20. The van der Waals surface area contributed by atoms with Crippen molar-refractivity contribution in [3.8, 4) is 0 Å². The summed E-state index contributed by atoms with van der Waals surface area (Å²) in [6.07, 6.45) is 19.1. The van der Waals surface area contributed by atoms with Gasteiger partial charge < -0.3 is 0 Å². The largest absolute Gasteiger partial charge is 0.304 e. The molecule has 0 aromatic carbocycles. The fraction of sp³-hybridized carbons (Fsp3) is 1.00. The smallest absolute Gasteiger partial charge is 0.268 e. The lowest BCUT2D eigenvalue weighted by molar-refractivity contribution is 0.205. The van der Waals surface area contributed by atoms with Gasteiger partial charge in [0, 0.05) is 0 Å². The second-order valence-corrected chi connectivity index (χ2v) is 8.14. The van der Waals surface area contributed by atoms with Gasteiger partial charge in [-0.05, 0) is 18.8 Å². The van der Waals surface area contributed by atoms with Crippen LogP contribution in [0.5, 0.6) is 0 Å². The quantitative estimate of drug-likeness (QED) is 0.212. The van der Waals surface area contributed by atoms with Crippen molar-refractivity contribution < 1.29 is 12.6 Å². The van der Waals surface area contributed by atoms with Gasteiger partial charge in [-0.1, -0.05) is 104 Å². The fourth-order valence-electron chi connectivity index (χ4n) is 2.98. The Balaban J connectivity index is 3.31. The van der Waals surface area contributed by atoms with Gasteiger partial charge in [0.25, 0.3) is 0 Å². The molecule has 0 rings (SSSR count). The van der Waals surface area contributed by atoms with E-state index in [-0.39, 0.29) is 0 Å². The number of hydrogen-bond donors (Lipinski definition) is 0. The van der Waals surface area contributed by atoms with Crippen molar-refractivity contribution in [2.24, 2.45) is 5.92 Å². The van der Waals surface area contributed by atoms with Crippen molar-refractivity contribution in [3.05, 3.63) is 0 Å². The fourth-order valence-corrected chi connectivity index (χ4v) is 3.60. The topological polar surface area (TPSA) is 35.5 Å². The van der Waals surface area contributed by atoms with Crippen LogP contribution in [-0.4, -0.2) is 17.4 Å². The van der Waals surface area contributed by atoms with E-state index < -0.39 is 11.4 Å². The Bertz CT molecular complexity index is 284. The highest BCUT2D eigenvalue weighted by atomic mass is 32.2. The Morgan fingerprint density at radius 2 is 1.20 bits per heavy atom. The monoisotopic (exact) mass is 376 g/mol. The second-order valence-electron chi connectivity index (χ2n) is 7.26. The van der Waals surface area contributed by atoms with Gasteiger partial charge in [0.2, 0.25) is 0 Å². The molecule has 0 aliphatic rings. The van der Waals surface area contributed by atoms with E-state index in [2.05, 4.69) is 20.8 Å². The average molecular weight is 377 g/mol. The number of hydrogen-bond acceptors (Lipinski definition) is 3. The first-order valence-corrected chi connectivity index (χ1v) is 11.9. The molecule has 0 N–H and O–H groups in total. The third-order valence-corrected chi connectivity index (χ3v) is 5.56. The summed E-state index contributed by atoms with van der Waals surface area (Å²) < 4.78 is 22.3. The van der Waals surface area contributed by atoms with Crippen LogP contribution in [0, 0.1) is 5.92 Å². The average Bonchev–Trinajstić information content (AvgIpc) is 2.62. The predicted octanol–water partition coefficient (Wildman–Crippen LogP) is 7.13.